The molecule has 1 fully saturated rings. The van der Waals surface area contributed by atoms with Crippen molar-refractivity contribution in [2.45, 2.75) is 89.7 Å². The van der Waals surface area contributed by atoms with Crippen molar-refractivity contribution >= 4 is 29.5 Å². The Hall–Kier alpha value is -4.85. The van der Waals surface area contributed by atoms with Gasteiger partial charge < -0.3 is 45.5 Å². The van der Waals surface area contributed by atoms with E-state index in [4.69, 9.17) is 14.2 Å². The Kier molecular flexibility index (Phi) is 11.8. The molecule has 50 heavy (non-hydrogen) atoms. The molecule has 2 aromatic carbocycles. The van der Waals surface area contributed by atoms with Crippen molar-refractivity contribution in [3.05, 3.63) is 53.6 Å². The third-order valence-corrected chi connectivity index (χ3v) is 8.98. The average Bonchev–Trinajstić information content (AvgIpc) is 3.50. The molecule has 5 N–H and O–H groups in total. The predicted molar refractivity (Wildman–Crippen MR) is 182 cm³/mol. The summed E-state index contributed by atoms with van der Waals surface area (Å²) in [5.74, 6) is -0.946. The molecule has 2 bridgehead atoms. The minimum atomic E-state index is -1.09. The van der Waals surface area contributed by atoms with Crippen molar-refractivity contribution in [2.75, 3.05) is 26.4 Å². The molecule has 0 aromatic heterocycles. The summed E-state index contributed by atoms with van der Waals surface area (Å²) in [5.41, 5.74) is 0.978. The number of nitrogens with zero attached hydrogens (tertiary/aromatic N) is 1. The molecule has 0 saturated carbocycles. The van der Waals surface area contributed by atoms with Gasteiger partial charge in [0.1, 0.15) is 49.7 Å². The number of benzene rings is 2. The average molecular weight is 694 g/mol. The Balaban J connectivity index is 1.44. The fraction of sp³-hybridized carbons (Fsp3) is 0.528. The number of hydrogen-bond donors (Lipinski definition) is 5. The van der Waals surface area contributed by atoms with Gasteiger partial charge in [0.05, 0.1) is 12.1 Å². The zero-order valence-electron chi connectivity index (χ0n) is 28.9. The second-order valence-electron chi connectivity index (χ2n) is 13.5. The van der Waals surface area contributed by atoms with E-state index in [0.717, 1.165) is 0 Å². The molecule has 2 aromatic rings. The number of aliphatic hydroxyl groups is 1. The number of fused-ring (bicyclic) bond motifs is 15. The number of hydrogen-bond acceptors (Lipinski definition) is 9. The molecular weight excluding hydrogens is 646 g/mol. The van der Waals surface area contributed by atoms with Crippen molar-refractivity contribution in [3.8, 4) is 17.2 Å². The molecule has 0 unspecified atom stereocenters. The largest absolute Gasteiger partial charge is 0.491 e. The normalized spacial score (nSPS) is 26.3. The molecule has 6 rings (SSSR count). The number of rotatable bonds is 5. The van der Waals surface area contributed by atoms with Crippen LogP contribution in [0.3, 0.4) is 0 Å². The van der Waals surface area contributed by atoms with Crippen molar-refractivity contribution in [2.24, 2.45) is 5.92 Å². The van der Waals surface area contributed by atoms with E-state index in [1.165, 1.54) is 4.90 Å². The van der Waals surface area contributed by atoms with Gasteiger partial charge in [-0.05, 0) is 61.6 Å². The van der Waals surface area contributed by atoms with Crippen LogP contribution in [0.1, 0.15) is 62.9 Å². The monoisotopic (exact) mass is 693 g/mol. The molecule has 6 atom stereocenters. The zero-order chi connectivity index (χ0) is 35.9. The number of amides is 5. The van der Waals surface area contributed by atoms with Gasteiger partial charge >= 0.3 is 0 Å². The van der Waals surface area contributed by atoms with E-state index in [0.29, 0.717) is 42.4 Å². The summed E-state index contributed by atoms with van der Waals surface area (Å²) in [4.78, 5) is 69.1. The lowest BCUT2D eigenvalue weighted by atomic mass is 10.0. The molecule has 14 nitrogen and oxygen atoms in total. The van der Waals surface area contributed by atoms with Crippen LogP contribution in [0.4, 0.5) is 0 Å². The number of ether oxygens (including phenoxy) is 3. The standard InChI is InChI=1S/C36H47N5O9/c1-5-27-36(47)41-18-25(42)17-29(41)35(46)37-21(4)32(43)38-24(14-20(2)3)19-50-26-9-6-22(7-10-26)15-28(34(45)39-27)40-33(44)23-8-11-30-31(16-23)49-13-12-48-30/h6-11,16,20-21,24-25,27-29,42H,5,12-15,17-19H2,1-4H3,(H,37,46)(H,38,43)(H,39,45)(H,40,44)/t21-,24+,25-,27+,28+,29+/m1/s1. The van der Waals surface area contributed by atoms with Crippen molar-refractivity contribution in [1.29, 1.82) is 0 Å². The molecule has 4 heterocycles. The molecule has 0 aliphatic carbocycles. The van der Waals surface area contributed by atoms with Crippen molar-refractivity contribution in [3.63, 3.8) is 0 Å². The number of carbonyl (C=O) groups excluding carboxylic acids is 5. The Labute approximate surface area is 291 Å². The van der Waals surface area contributed by atoms with Crippen molar-refractivity contribution < 1.29 is 43.3 Å². The molecule has 4 aliphatic rings. The summed E-state index contributed by atoms with van der Waals surface area (Å²) in [6.45, 7) is 8.13. The van der Waals surface area contributed by atoms with Crippen LogP contribution in [0.15, 0.2) is 42.5 Å². The maximum absolute atomic E-state index is 13.9. The van der Waals surface area contributed by atoms with Gasteiger partial charge in [0.15, 0.2) is 11.5 Å². The second-order valence-corrected chi connectivity index (χ2v) is 13.5. The zero-order valence-corrected chi connectivity index (χ0v) is 28.9. The third-order valence-electron chi connectivity index (χ3n) is 8.98. The fourth-order valence-electron chi connectivity index (χ4n) is 6.35. The number of aliphatic hydroxyl groups excluding tert-OH is 1. The van der Waals surface area contributed by atoms with Gasteiger partial charge in [-0.3, -0.25) is 24.0 Å². The molecule has 14 heteroatoms. The third kappa shape index (κ3) is 9.03. The van der Waals surface area contributed by atoms with Crippen LogP contribution in [-0.2, 0) is 25.6 Å². The Morgan fingerprint density at radius 2 is 1.66 bits per heavy atom. The van der Waals surface area contributed by atoms with Gasteiger partial charge in [0, 0.05) is 24.9 Å². The number of nitrogens with one attached hydrogen (secondary N) is 4. The summed E-state index contributed by atoms with van der Waals surface area (Å²) in [7, 11) is 0. The highest BCUT2D eigenvalue weighted by molar-refractivity contribution is 5.99. The fourth-order valence-corrected chi connectivity index (χ4v) is 6.35. The minimum Gasteiger partial charge on any atom is -0.491 e. The maximum atomic E-state index is 13.9. The summed E-state index contributed by atoms with van der Waals surface area (Å²) in [5, 5.41) is 21.8. The quantitative estimate of drug-likeness (QED) is 0.286. The Bertz CT molecular complexity index is 1570. The SMILES string of the molecule is CC[C@@H]1NC(=O)[C@@H](NC(=O)c2ccc3c(c2)OCCO3)Cc2ccc(cc2)OC[C@H](CC(C)C)NC(=O)[C@@H](C)NC(=O)[C@@H]2C[C@@H](O)CN2C1=O. The molecule has 0 radical (unpaired) electrons. The van der Waals surface area contributed by atoms with Crippen LogP contribution >= 0.6 is 0 Å². The molecule has 4 aliphatic heterocycles. The van der Waals surface area contributed by atoms with Crippen LogP contribution in [0.5, 0.6) is 17.2 Å². The Morgan fingerprint density at radius 3 is 2.36 bits per heavy atom. The highest BCUT2D eigenvalue weighted by atomic mass is 16.6. The highest BCUT2D eigenvalue weighted by Gasteiger charge is 2.42. The maximum Gasteiger partial charge on any atom is 0.252 e. The van der Waals surface area contributed by atoms with Gasteiger partial charge in [0.2, 0.25) is 23.6 Å². The number of carbonyl (C=O) groups is 5. The van der Waals surface area contributed by atoms with Gasteiger partial charge in [-0.15, -0.1) is 0 Å². The summed E-state index contributed by atoms with van der Waals surface area (Å²) >= 11 is 0. The highest BCUT2D eigenvalue weighted by Crippen LogP contribution is 2.31. The summed E-state index contributed by atoms with van der Waals surface area (Å²) < 4.78 is 17.2. The van der Waals surface area contributed by atoms with E-state index in [1.807, 2.05) is 13.8 Å². The minimum absolute atomic E-state index is 0.0239. The van der Waals surface area contributed by atoms with Gasteiger partial charge in [-0.2, -0.15) is 0 Å². The van der Waals surface area contributed by atoms with Gasteiger partial charge in [-0.1, -0.05) is 32.9 Å². The molecule has 5 amide bonds. The van der Waals surface area contributed by atoms with E-state index < -0.39 is 59.8 Å². The molecule has 1 saturated heterocycles. The first kappa shape index (κ1) is 36.4. The molecule has 0 spiro atoms. The van der Waals surface area contributed by atoms with E-state index in [2.05, 4.69) is 21.3 Å². The molecular formula is C36H47N5O9. The van der Waals surface area contributed by atoms with E-state index in [9.17, 15) is 29.1 Å². The second kappa shape index (κ2) is 16.2. The van der Waals surface area contributed by atoms with Crippen LogP contribution in [0.2, 0.25) is 0 Å². The summed E-state index contributed by atoms with van der Waals surface area (Å²) in [6.07, 6.45) is -0.105. The lowest BCUT2D eigenvalue weighted by Gasteiger charge is -2.30. The van der Waals surface area contributed by atoms with Crippen LogP contribution in [0, 0.1) is 5.92 Å². The molecule has 270 valence electrons. The smallest absolute Gasteiger partial charge is 0.252 e. The van der Waals surface area contributed by atoms with Crippen LogP contribution in [-0.4, -0.2) is 102 Å². The van der Waals surface area contributed by atoms with Gasteiger partial charge in [-0.25, -0.2) is 0 Å². The first-order valence-electron chi connectivity index (χ1n) is 17.2. The lowest BCUT2D eigenvalue weighted by molar-refractivity contribution is -0.142. The summed E-state index contributed by atoms with van der Waals surface area (Å²) in [6, 6.07) is 7.35. The lowest BCUT2D eigenvalue weighted by Crippen LogP contribution is -2.58. The first-order chi connectivity index (χ1) is 23.9. The van der Waals surface area contributed by atoms with Crippen molar-refractivity contribution in [1.82, 2.24) is 26.2 Å². The van der Waals surface area contributed by atoms with Crippen LogP contribution in [0.25, 0.3) is 0 Å². The topological polar surface area (TPSA) is 185 Å². The van der Waals surface area contributed by atoms with E-state index in [-0.39, 0.29) is 49.9 Å². The van der Waals surface area contributed by atoms with E-state index in [1.54, 1.807) is 56.3 Å². The predicted octanol–water partition coefficient (Wildman–Crippen LogP) is 1.08. The van der Waals surface area contributed by atoms with Gasteiger partial charge in [0.25, 0.3) is 5.91 Å². The Morgan fingerprint density at radius 1 is 0.940 bits per heavy atom. The first-order valence-corrected chi connectivity index (χ1v) is 17.2. The van der Waals surface area contributed by atoms with E-state index >= 15 is 0 Å². The van der Waals surface area contributed by atoms with Crippen LogP contribution < -0.4 is 35.5 Å².